The molecule has 0 aliphatic rings. The first-order valence-electron chi connectivity index (χ1n) is 12.5. The summed E-state index contributed by atoms with van der Waals surface area (Å²) >= 11 is 0. The number of nitrogens with zero attached hydrogens (tertiary/aromatic N) is 3. The molecule has 2 heterocycles. The number of amides is 1. The van der Waals surface area contributed by atoms with Gasteiger partial charge in [-0.3, -0.25) is 4.79 Å². The normalized spacial score (nSPS) is 11.2. The number of carbonyl (C=O) groups excluding carboxylic acids is 1. The van der Waals surface area contributed by atoms with Gasteiger partial charge in [0.15, 0.2) is 5.65 Å². The van der Waals surface area contributed by atoms with Crippen LogP contribution in [0.2, 0.25) is 0 Å². The van der Waals surface area contributed by atoms with Crippen LogP contribution in [0.1, 0.15) is 50.7 Å². The van der Waals surface area contributed by atoms with Crippen molar-refractivity contribution in [1.29, 1.82) is 0 Å². The van der Waals surface area contributed by atoms with Crippen molar-refractivity contribution in [1.82, 2.24) is 14.5 Å². The van der Waals surface area contributed by atoms with Gasteiger partial charge >= 0.3 is 6.16 Å². The summed E-state index contributed by atoms with van der Waals surface area (Å²) in [5.41, 5.74) is 5.61. The number of aromatic nitrogens is 3. The minimum absolute atomic E-state index is 0.0506. The fraction of sp³-hybridized carbons (Fsp3) is 0.310. The third-order valence-electron chi connectivity index (χ3n) is 6.22. The molecule has 0 spiro atoms. The number of nitrogens with one attached hydrogen (secondary N) is 1. The van der Waals surface area contributed by atoms with Crippen LogP contribution in [0.3, 0.4) is 0 Å². The Labute approximate surface area is 216 Å². The molecule has 4 rings (SSSR count). The lowest BCUT2D eigenvalue weighted by atomic mass is 10.0. The first kappa shape index (κ1) is 25.9. The van der Waals surface area contributed by atoms with Crippen LogP contribution in [0.4, 0.5) is 10.5 Å². The second-order valence-electron chi connectivity index (χ2n) is 9.39. The number of anilines is 1. The molecule has 0 aliphatic heterocycles. The van der Waals surface area contributed by atoms with Gasteiger partial charge < -0.3 is 19.7 Å². The van der Waals surface area contributed by atoms with Crippen molar-refractivity contribution >= 4 is 28.9 Å². The number of para-hydroxylation sites is 1. The van der Waals surface area contributed by atoms with E-state index in [1.807, 2.05) is 63.2 Å². The molecule has 2 N–H and O–H groups in total. The number of hydrogen-bond acceptors (Lipinski definition) is 5. The highest BCUT2D eigenvalue weighted by molar-refractivity contribution is 5.94. The summed E-state index contributed by atoms with van der Waals surface area (Å²) in [4.78, 5) is 33.0. The third kappa shape index (κ3) is 5.97. The monoisotopic (exact) mass is 500 g/mol. The summed E-state index contributed by atoms with van der Waals surface area (Å²) in [6, 6.07) is 16.9. The number of ether oxygens (including phenoxy) is 1. The van der Waals surface area contributed by atoms with Gasteiger partial charge in [-0.05, 0) is 36.6 Å². The van der Waals surface area contributed by atoms with Crippen LogP contribution < -0.4 is 10.1 Å². The molecule has 0 atom stereocenters. The van der Waals surface area contributed by atoms with Crippen LogP contribution in [-0.2, 0) is 17.8 Å². The number of aryl methyl sites for hydroxylation is 2. The Hall–Kier alpha value is -4.20. The maximum atomic E-state index is 12.3. The Morgan fingerprint density at radius 1 is 1.08 bits per heavy atom. The number of rotatable bonds is 9. The number of imidazole rings is 1. The largest absolute Gasteiger partial charge is 0.511 e. The second-order valence-corrected chi connectivity index (χ2v) is 9.39. The van der Waals surface area contributed by atoms with E-state index in [4.69, 9.17) is 19.8 Å². The molecule has 1 amide bonds. The fourth-order valence-corrected chi connectivity index (χ4v) is 4.14. The van der Waals surface area contributed by atoms with Crippen LogP contribution in [-0.4, -0.2) is 31.7 Å². The summed E-state index contributed by atoms with van der Waals surface area (Å²) in [7, 11) is 0. The zero-order chi connectivity index (χ0) is 26.5. The fourth-order valence-electron chi connectivity index (χ4n) is 4.14. The van der Waals surface area contributed by atoms with E-state index in [1.165, 1.54) is 0 Å². The first-order valence-corrected chi connectivity index (χ1v) is 12.5. The van der Waals surface area contributed by atoms with Crippen molar-refractivity contribution < 1.29 is 19.4 Å². The van der Waals surface area contributed by atoms with Crippen LogP contribution in [0, 0.1) is 12.8 Å². The maximum absolute atomic E-state index is 12.3. The standard InChI is InChI=1S/C29H32N4O4/c1-5-6-11-26-31-24-16-23(32-28(34)18(2)3)19(4)30-27(24)33(26)17-20-12-14-21(15-13-20)22-9-7-8-10-25(22)37-29(35)36/h7-10,12-16,18H,5-6,11,17H2,1-4H3,(H,32,34)(H,35,36). The van der Waals surface area contributed by atoms with Gasteiger partial charge in [-0.25, -0.2) is 14.8 Å². The molecule has 0 fully saturated rings. The molecule has 0 saturated carbocycles. The highest BCUT2D eigenvalue weighted by Crippen LogP contribution is 2.31. The topological polar surface area (TPSA) is 106 Å². The zero-order valence-electron chi connectivity index (χ0n) is 21.6. The molecule has 0 saturated heterocycles. The summed E-state index contributed by atoms with van der Waals surface area (Å²) in [6.45, 7) is 8.35. The van der Waals surface area contributed by atoms with Crippen LogP contribution in [0.5, 0.6) is 5.75 Å². The molecular formula is C29H32N4O4. The van der Waals surface area contributed by atoms with Gasteiger partial charge in [0.1, 0.15) is 17.1 Å². The first-order chi connectivity index (χ1) is 17.8. The van der Waals surface area contributed by atoms with Gasteiger partial charge in [-0.1, -0.05) is 69.7 Å². The predicted octanol–water partition coefficient (Wildman–Crippen LogP) is 6.45. The molecule has 8 heteroatoms. The average Bonchev–Trinajstić information content (AvgIpc) is 3.19. The highest BCUT2D eigenvalue weighted by Gasteiger charge is 2.17. The van der Waals surface area contributed by atoms with Gasteiger partial charge in [0.05, 0.1) is 17.9 Å². The molecule has 0 radical (unpaired) electrons. The molecule has 0 aliphatic carbocycles. The van der Waals surface area contributed by atoms with E-state index in [1.54, 1.807) is 12.1 Å². The van der Waals surface area contributed by atoms with Crippen molar-refractivity contribution in [2.24, 2.45) is 5.92 Å². The molecule has 0 unspecified atom stereocenters. The number of hydrogen-bond donors (Lipinski definition) is 2. The number of fused-ring (bicyclic) bond motifs is 1. The lowest BCUT2D eigenvalue weighted by Gasteiger charge is -2.12. The molecule has 4 aromatic rings. The Kier molecular flexibility index (Phi) is 7.86. The van der Waals surface area contributed by atoms with Crippen molar-refractivity contribution in [2.45, 2.75) is 53.5 Å². The summed E-state index contributed by atoms with van der Waals surface area (Å²) in [5, 5.41) is 12.0. The minimum atomic E-state index is -1.34. The third-order valence-corrected chi connectivity index (χ3v) is 6.22. The van der Waals surface area contributed by atoms with E-state index >= 15 is 0 Å². The van der Waals surface area contributed by atoms with Crippen LogP contribution >= 0.6 is 0 Å². The van der Waals surface area contributed by atoms with Gasteiger partial charge in [0, 0.05) is 17.9 Å². The Morgan fingerprint density at radius 3 is 2.49 bits per heavy atom. The van der Waals surface area contributed by atoms with E-state index in [0.717, 1.165) is 53.1 Å². The Balaban J connectivity index is 1.66. The lowest BCUT2D eigenvalue weighted by molar-refractivity contribution is -0.118. The highest BCUT2D eigenvalue weighted by atomic mass is 16.7. The van der Waals surface area contributed by atoms with E-state index in [2.05, 4.69) is 16.8 Å². The Bertz CT molecular complexity index is 1420. The van der Waals surface area contributed by atoms with Crippen molar-refractivity contribution in [3.63, 3.8) is 0 Å². The van der Waals surface area contributed by atoms with Crippen molar-refractivity contribution in [2.75, 3.05) is 5.32 Å². The van der Waals surface area contributed by atoms with Crippen LogP contribution in [0.15, 0.2) is 54.6 Å². The number of carboxylic acid groups (broad SMARTS) is 1. The number of pyridine rings is 1. The number of benzene rings is 2. The molecule has 2 aromatic carbocycles. The summed E-state index contributed by atoms with van der Waals surface area (Å²) in [6.07, 6.45) is 1.55. The molecule has 37 heavy (non-hydrogen) atoms. The summed E-state index contributed by atoms with van der Waals surface area (Å²) < 4.78 is 7.09. The minimum Gasteiger partial charge on any atom is -0.449 e. The van der Waals surface area contributed by atoms with E-state index in [0.29, 0.717) is 23.5 Å². The van der Waals surface area contributed by atoms with E-state index in [-0.39, 0.29) is 11.8 Å². The molecule has 0 bridgehead atoms. The molecule has 8 nitrogen and oxygen atoms in total. The van der Waals surface area contributed by atoms with Gasteiger partial charge in [-0.15, -0.1) is 0 Å². The Morgan fingerprint density at radius 2 is 1.81 bits per heavy atom. The van der Waals surface area contributed by atoms with Crippen molar-refractivity contribution in [3.05, 3.63) is 71.7 Å². The molecule has 192 valence electrons. The smallest absolute Gasteiger partial charge is 0.449 e. The van der Waals surface area contributed by atoms with Crippen LogP contribution in [0.25, 0.3) is 22.3 Å². The predicted molar refractivity (Wildman–Crippen MR) is 144 cm³/mol. The summed E-state index contributed by atoms with van der Waals surface area (Å²) in [5.74, 6) is 1.08. The quantitative estimate of drug-likeness (QED) is 0.202. The van der Waals surface area contributed by atoms with Gasteiger partial charge in [0.25, 0.3) is 0 Å². The van der Waals surface area contributed by atoms with Crippen molar-refractivity contribution in [3.8, 4) is 16.9 Å². The molecule has 2 aromatic heterocycles. The SMILES string of the molecule is CCCCc1nc2cc(NC(=O)C(C)C)c(C)nc2n1Cc1ccc(-c2ccccc2OC(=O)O)cc1. The maximum Gasteiger partial charge on any atom is 0.511 e. The number of carbonyl (C=O) groups is 2. The lowest BCUT2D eigenvalue weighted by Crippen LogP contribution is -2.18. The van der Waals surface area contributed by atoms with E-state index < -0.39 is 6.16 Å². The molecular weight excluding hydrogens is 468 g/mol. The van der Waals surface area contributed by atoms with Gasteiger partial charge in [0.2, 0.25) is 5.91 Å². The van der Waals surface area contributed by atoms with E-state index in [9.17, 15) is 9.59 Å². The number of unbranched alkanes of at least 4 members (excludes halogenated alkanes) is 1. The zero-order valence-corrected chi connectivity index (χ0v) is 21.6. The average molecular weight is 501 g/mol. The van der Waals surface area contributed by atoms with Gasteiger partial charge in [-0.2, -0.15) is 0 Å². The second kappa shape index (κ2) is 11.2.